The standard InChI is InChI=1S/C31H38N6O/c1-19(2)27(37-30(38)31(3,4)5)29-34-18-26(36-29)23-14-10-21(11-15-23)20-8-12-22(13-9-20)25-17-33-28(35-25)24-7-6-16-32-24/h8-15,17-19,24,27,32H,6-7,16H2,1-5H3,(H,33,35)(H,34,36)(H,37,38)/t24-,27-/m0/s1. The maximum atomic E-state index is 12.6. The number of amides is 1. The minimum absolute atomic E-state index is 0.0170. The zero-order chi connectivity index (χ0) is 26.9. The topological polar surface area (TPSA) is 98.5 Å². The van der Waals surface area contributed by atoms with E-state index in [9.17, 15) is 4.79 Å². The Labute approximate surface area is 224 Å². The van der Waals surface area contributed by atoms with Crippen LogP contribution in [0.3, 0.4) is 0 Å². The fourth-order valence-corrected chi connectivity index (χ4v) is 4.81. The lowest BCUT2D eigenvalue weighted by atomic mass is 9.94. The molecule has 2 aromatic carbocycles. The number of H-pyrrole nitrogens is 2. The number of aromatic amines is 2. The van der Waals surface area contributed by atoms with E-state index in [0.717, 1.165) is 58.3 Å². The van der Waals surface area contributed by atoms with Crippen molar-refractivity contribution in [3.63, 3.8) is 0 Å². The Morgan fingerprint density at radius 2 is 1.42 bits per heavy atom. The molecule has 3 heterocycles. The predicted molar refractivity (Wildman–Crippen MR) is 152 cm³/mol. The second kappa shape index (κ2) is 10.6. The van der Waals surface area contributed by atoms with Crippen LogP contribution >= 0.6 is 0 Å². The third kappa shape index (κ3) is 5.58. The van der Waals surface area contributed by atoms with Gasteiger partial charge in [0.1, 0.15) is 11.6 Å². The van der Waals surface area contributed by atoms with E-state index in [1.807, 2.05) is 33.2 Å². The van der Waals surface area contributed by atoms with Gasteiger partial charge in [-0.1, -0.05) is 83.1 Å². The molecule has 0 unspecified atom stereocenters. The van der Waals surface area contributed by atoms with Gasteiger partial charge in [0, 0.05) is 5.41 Å². The second-order valence-corrected chi connectivity index (χ2v) is 11.6. The molecule has 5 rings (SSSR count). The van der Waals surface area contributed by atoms with Crippen molar-refractivity contribution in [3.05, 3.63) is 72.6 Å². The van der Waals surface area contributed by atoms with Gasteiger partial charge < -0.3 is 20.6 Å². The molecule has 198 valence electrons. The fraction of sp³-hybridized carbons (Fsp3) is 0.387. The number of nitrogens with one attached hydrogen (secondary N) is 4. The highest BCUT2D eigenvalue weighted by Gasteiger charge is 2.28. The molecular formula is C31H38N6O. The third-order valence-electron chi connectivity index (χ3n) is 7.24. The van der Waals surface area contributed by atoms with Gasteiger partial charge in [0.25, 0.3) is 0 Å². The Balaban J connectivity index is 1.28. The van der Waals surface area contributed by atoms with Crippen LogP contribution < -0.4 is 10.6 Å². The summed E-state index contributed by atoms with van der Waals surface area (Å²) in [5.74, 6) is 2.02. The van der Waals surface area contributed by atoms with E-state index in [0.29, 0.717) is 6.04 Å². The van der Waals surface area contributed by atoms with Crippen LogP contribution in [0.15, 0.2) is 60.9 Å². The highest BCUT2D eigenvalue weighted by atomic mass is 16.2. The van der Waals surface area contributed by atoms with Gasteiger partial charge in [-0.05, 0) is 47.6 Å². The summed E-state index contributed by atoms with van der Waals surface area (Å²) in [5.41, 5.74) is 6.02. The Morgan fingerprint density at radius 1 is 0.868 bits per heavy atom. The summed E-state index contributed by atoms with van der Waals surface area (Å²) in [6, 6.07) is 17.2. The normalized spacial score (nSPS) is 16.6. The van der Waals surface area contributed by atoms with Crippen LogP contribution in [0.5, 0.6) is 0 Å². The molecule has 1 aliphatic rings. The fourth-order valence-electron chi connectivity index (χ4n) is 4.81. The molecule has 1 fully saturated rings. The Morgan fingerprint density at radius 3 is 1.95 bits per heavy atom. The van der Waals surface area contributed by atoms with E-state index in [4.69, 9.17) is 0 Å². The first-order valence-electron chi connectivity index (χ1n) is 13.5. The first-order chi connectivity index (χ1) is 18.2. The Kier molecular flexibility index (Phi) is 7.21. The summed E-state index contributed by atoms with van der Waals surface area (Å²) in [7, 11) is 0. The lowest BCUT2D eigenvalue weighted by Gasteiger charge is -2.25. The number of benzene rings is 2. The van der Waals surface area contributed by atoms with Crippen molar-refractivity contribution >= 4 is 5.91 Å². The van der Waals surface area contributed by atoms with Crippen LogP contribution in [0.4, 0.5) is 0 Å². The molecule has 0 spiro atoms. The van der Waals surface area contributed by atoms with Gasteiger partial charge in [-0.15, -0.1) is 0 Å². The van der Waals surface area contributed by atoms with Gasteiger partial charge in [0.15, 0.2) is 0 Å². The largest absolute Gasteiger partial charge is 0.345 e. The van der Waals surface area contributed by atoms with Crippen LogP contribution in [0, 0.1) is 11.3 Å². The van der Waals surface area contributed by atoms with Gasteiger partial charge >= 0.3 is 0 Å². The molecule has 0 saturated carbocycles. The molecule has 4 aromatic rings. The van der Waals surface area contributed by atoms with Crippen molar-refractivity contribution in [1.82, 2.24) is 30.6 Å². The van der Waals surface area contributed by atoms with E-state index < -0.39 is 5.41 Å². The second-order valence-electron chi connectivity index (χ2n) is 11.6. The van der Waals surface area contributed by atoms with Crippen LogP contribution in [0.25, 0.3) is 33.6 Å². The van der Waals surface area contributed by atoms with Gasteiger partial charge in [-0.3, -0.25) is 4.79 Å². The van der Waals surface area contributed by atoms with E-state index in [1.165, 1.54) is 6.42 Å². The number of carbonyl (C=O) groups is 1. The predicted octanol–water partition coefficient (Wildman–Crippen LogP) is 6.42. The molecule has 4 N–H and O–H groups in total. The number of imidazole rings is 2. The van der Waals surface area contributed by atoms with Crippen molar-refractivity contribution in [2.45, 2.75) is 59.5 Å². The molecule has 1 amide bonds. The number of aromatic nitrogens is 4. The van der Waals surface area contributed by atoms with Gasteiger partial charge in [0.2, 0.25) is 5.91 Å². The van der Waals surface area contributed by atoms with Gasteiger partial charge in [-0.2, -0.15) is 0 Å². The van der Waals surface area contributed by atoms with Crippen LogP contribution in [0.2, 0.25) is 0 Å². The molecule has 0 aliphatic carbocycles. The maximum absolute atomic E-state index is 12.6. The quantitative estimate of drug-likeness (QED) is 0.231. The Hall–Kier alpha value is -3.71. The molecule has 2 atom stereocenters. The molecular weight excluding hydrogens is 472 g/mol. The molecule has 1 aliphatic heterocycles. The third-order valence-corrected chi connectivity index (χ3v) is 7.24. The van der Waals surface area contributed by atoms with Crippen molar-refractivity contribution in [1.29, 1.82) is 0 Å². The molecule has 1 saturated heterocycles. The number of hydrogen-bond acceptors (Lipinski definition) is 4. The number of carbonyl (C=O) groups excluding carboxylic acids is 1. The average molecular weight is 511 g/mol. The minimum atomic E-state index is -0.454. The highest BCUT2D eigenvalue weighted by Crippen LogP contribution is 2.29. The summed E-state index contributed by atoms with van der Waals surface area (Å²) >= 11 is 0. The maximum Gasteiger partial charge on any atom is 0.225 e. The van der Waals surface area contributed by atoms with E-state index in [2.05, 4.69) is 92.9 Å². The zero-order valence-electron chi connectivity index (χ0n) is 22.9. The lowest BCUT2D eigenvalue weighted by Crippen LogP contribution is -2.39. The summed E-state index contributed by atoms with van der Waals surface area (Å²) in [6.45, 7) is 11.0. The molecule has 2 aromatic heterocycles. The lowest BCUT2D eigenvalue weighted by molar-refractivity contribution is -0.129. The summed E-state index contributed by atoms with van der Waals surface area (Å²) in [4.78, 5) is 28.7. The Bertz CT molecular complexity index is 1370. The minimum Gasteiger partial charge on any atom is -0.345 e. The van der Waals surface area contributed by atoms with Crippen LogP contribution in [-0.4, -0.2) is 32.4 Å². The van der Waals surface area contributed by atoms with Crippen LogP contribution in [-0.2, 0) is 4.79 Å². The van der Waals surface area contributed by atoms with Crippen molar-refractivity contribution in [2.24, 2.45) is 11.3 Å². The van der Waals surface area contributed by atoms with Crippen molar-refractivity contribution in [3.8, 4) is 33.6 Å². The van der Waals surface area contributed by atoms with Gasteiger partial charge in [-0.25, -0.2) is 9.97 Å². The molecule has 7 nitrogen and oxygen atoms in total. The smallest absolute Gasteiger partial charge is 0.225 e. The molecule has 0 bridgehead atoms. The molecule has 38 heavy (non-hydrogen) atoms. The zero-order valence-corrected chi connectivity index (χ0v) is 22.9. The SMILES string of the molecule is CC(C)[C@H](NC(=O)C(C)(C)C)c1ncc(-c2ccc(-c3ccc(-c4cnc([C@@H]5CCCN5)[nH]4)cc3)cc2)[nH]1. The van der Waals surface area contributed by atoms with E-state index >= 15 is 0 Å². The number of rotatable bonds is 7. The molecule has 0 radical (unpaired) electrons. The van der Waals surface area contributed by atoms with Crippen molar-refractivity contribution in [2.75, 3.05) is 6.54 Å². The summed E-state index contributed by atoms with van der Waals surface area (Å²) in [5, 5.41) is 6.65. The summed E-state index contributed by atoms with van der Waals surface area (Å²) < 4.78 is 0. The highest BCUT2D eigenvalue weighted by molar-refractivity contribution is 5.81. The number of hydrogen-bond donors (Lipinski definition) is 4. The van der Waals surface area contributed by atoms with Crippen molar-refractivity contribution < 1.29 is 4.79 Å². The molecule has 7 heteroatoms. The first kappa shape index (κ1) is 25.9. The first-order valence-corrected chi connectivity index (χ1v) is 13.5. The van der Waals surface area contributed by atoms with Crippen LogP contribution in [0.1, 0.15) is 71.2 Å². The monoisotopic (exact) mass is 510 g/mol. The summed E-state index contributed by atoms with van der Waals surface area (Å²) in [6.07, 6.45) is 6.10. The van der Waals surface area contributed by atoms with E-state index in [-0.39, 0.29) is 17.9 Å². The number of nitrogens with zero attached hydrogens (tertiary/aromatic N) is 2. The average Bonchev–Trinajstić information content (AvgIpc) is 3.68. The van der Waals surface area contributed by atoms with Gasteiger partial charge in [0.05, 0.1) is 35.9 Å². The van der Waals surface area contributed by atoms with E-state index in [1.54, 1.807) is 0 Å².